The van der Waals surface area contributed by atoms with Crippen LogP contribution in [0.2, 0.25) is 0 Å². The third-order valence-corrected chi connectivity index (χ3v) is 7.07. The molecule has 2 heterocycles. The molecule has 33 heavy (non-hydrogen) atoms. The van der Waals surface area contributed by atoms with Crippen molar-refractivity contribution in [3.05, 3.63) is 119 Å². The van der Waals surface area contributed by atoms with E-state index >= 15 is 0 Å². The Hall–Kier alpha value is -3.01. The molecule has 2 aromatic rings. The molecule has 2 saturated heterocycles. The van der Waals surface area contributed by atoms with Crippen molar-refractivity contribution in [2.45, 2.75) is 51.1 Å². The van der Waals surface area contributed by atoms with E-state index in [1.165, 1.54) is 22.3 Å². The molecule has 168 valence electrons. The topological polar surface area (TPSA) is 35.5 Å². The van der Waals surface area contributed by atoms with Crippen LogP contribution in [0.3, 0.4) is 0 Å². The molecule has 0 saturated carbocycles. The molecule has 0 unspecified atom stereocenters. The second kappa shape index (κ2) is 8.09. The molecule has 1 aliphatic carbocycles. The maximum absolute atomic E-state index is 13.5. The summed E-state index contributed by atoms with van der Waals surface area (Å²) in [4.78, 5) is 13.5. The molecule has 3 heteroatoms. The predicted octanol–water partition coefficient (Wildman–Crippen LogP) is 5.77. The van der Waals surface area contributed by atoms with Crippen molar-refractivity contribution in [2.24, 2.45) is 5.41 Å². The van der Waals surface area contributed by atoms with Gasteiger partial charge in [-0.2, -0.15) is 0 Å². The maximum Gasteiger partial charge on any atom is 0.206 e. The fourth-order valence-corrected chi connectivity index (χ4v) is 4.92. The first kappa shape index (κ1) is 21.8. The molecule has 3 aliphatic rings. The second-order valence-electron chi connectivity index (χ2n) is 9.59. The van der Waals surface area contributed by atoms with Gasteiger partial charge in [-0.3, -0.25) is 4.79 Å². The Morgan fingerprint density at radius 2 is 1.33 bits per heavy atom. The van der Waals surface area contributed by atoms with Crippen molar-refractivity contribution < 1.29 is 14.3 Å². The second-order valence-corrected chi connectivity index (χ2v) is 9.59. The van der Waals surface area contributed by atoms with Gasteiger partial charge in [-0.15, -0.1) is 0 Å². The number of carbonyl (C=O) groups is 1. The molecule has 0 aromatic heterocycles. The summed E-state index contributed by atoms with van der Waals surface area (Å²) in [5, 5.41) is 0. The minimum Gasteiger partial charge on any atom is -0.330 e. The summed E-state index contributed by atoms with van der Waals surface area (Å²) < 4.78 is 13.0. The Morgan fingerprint density at radius 1 is 0.818 bits per heavy atom. The van der Waals surface area contributed by atoms with Crippen molar-refractivity contribution in [3.8, 4) is 0 Å². The van der Waals surface area contributed by atoms with E-state index in [1.54, 1.807) is 0 Å². The van der Waals surface area contributed by atoms with Crippen molar-refractivity contribution in [1.29, 1.82) is 0 Å². The normalized spacial score (nSPS) is 29.4. The largest absolute Gasteiger partial charge is 0.330 e. The van der Waals surface area contributed by atoms with Gasteiger partial charge in [0.1, 0.15) is 11.0 Å². The van der Waals surface area contributed by atoms with E-state index in [2.05, 4.69) is 74.5 Å². The fraction of sp³-hybridized carbons (Fsp3) is 0.300. The Labute approximate surface area is 196 Å². The number of hydrogen-bond donors (Lipinski definition) is 0. The monoisotopic (exact) mass is 438 g/mol. The number of carbonyl (C=O) groups excluding carboxylic acids is 1. The maximum atomic E-state index is 13.5. The molecule has 0 N–H and O–H groups in total. The van der Waals surface area contributed by atoms with Gasteiger partial charge in [0.05, 0.1) is 0 Å². The van der Waals surface area contributed by atoms with Crippen molar-refractivity contribution >= 4 is 5.78 Å². The molecule has 3 nitrogen and oxygen atoms in total. The fourth-order valence-electron chi connectivity index (χ4n) is 4.92. The van der Waals surface area contributed by atoms with Crippen LogP contribution in [-0.2, 0) is 27.1 Å². The van der Waals surface area contributed by atoms with Gasteiger partial charge in [0.2, 0.25) is 5.79 Å². The zero-order valence-corrected chi connectivity index (χ0v) is 19.5. The summed E-state index contributed by atoms with van der Waals surface area (Å²) in [5.74, 6) is -0.999. The highest BCUT2D eigenvalue weighted by molar-refractivity contribution is 5.97. The van der Waals surface area contributed by atoms with Crippen LogP contribution < -0.4 is 0 Å². The van der Waals surface area contributed by atoms with Crippen LogP contribution in [0.4, 0.5) is 0 Å². The number of fused-ring (bicyclic) bond motifs is 1. The minimum absolute atomic E-state index is 0.0642. The van der Waals surface area contributed by atoms with Crippen LogP contribution in [0, 0.1) is 19.3 Å². The van der Waals surface area contributed by atoms with Crippen LogP contribution in [0.5, 0.6) is 0 Å². The highest BCUT2D eigenvalue weighted by Gasteiger charge is 2.73. The molecule has 1 spiro atoms. The summed E-state index contributed by atoms with van der Waals surface area (Å²) in [5.41, 5.74) is 3.19. The average Bonchev–Trinajstić information content (AvgIpc) is 3.24. The van der Waals surface area contributed by atoms with Gasteiger partial charge >= 0.3 is 0 Å². The summed E-state index contributed by atoms with van der Waals surface area (Å²) >= 11 is 0. The van der Waals surface area contributed by atoms with Gasteiger partial charge in [-0.25, -0.2) is 0 Å². The number of benzene rings is 2. The lowest BCUT2D eigenvalue weighted by molar-refractivity contribution is -0.180. The Morgan fingerprint density at radius 3 is 1.88 bits per heavy atom. The van der Waals surface area contributed by atoms with Crippen LogP contribution in [-0.4, -0.2) is 23.3 Å². The molecule has 2 aliphatic heterocycles. The number of ether oxygens (including phenoxy) is 2. The van der Waals surface area contributed by atoms with Crippen LogP contribution in [0.25, 0.3) is 0 Å². The Kier molecular flexibility index (Phi) is 5.35. The summed E-state index contributed by atoms with van der Waals surface area (Å²) in [6.45, 7) is 6.08. The highest BCUT2D eigenvalue weighted by Crippen LogP contribution is 2.59. The number of allylic oxidation sites excluding steroid dienone is 4. The third-order valence-electron chi connectivity index (χ3n) is 7.07. The number of hydrogen-bond acceptors (Lipinski definition) is 3. The van der Waals surface area contributed by atoms with Crippen LogP contribution in [0.15, 0.2) is 97.1 Å². The van der Waals surface area contributed by atoms with Crippen LogP contribution >= 0.6 is 0 Å². The molecular weight excluding hydrogens is 408 g/mol. The SMILES string of the molecule is Cc1ccc(C/C=C/C2(/C=C/Cc3ccc(C)cc3)O[C@@]34C=CC=C[C@]3(C)C(=O)[C@@H]2O4)cc1. The molecule has 3 atom stereocenters. The number of ketones is 1. The van der Waals surface area contributed by atoms with E-state index in [9.17, 15) is 4.79 Å². The first-order valence-corrected chi connectivity index (χ1v) is 11.6. The molecule has 2 bridgehead atoms. The number of Topliss-reactive ketones (excluding diaryl/α,β-unsaturated/α-hetero) is 1. The van der Waals surface area contributed by atoms with Gasteiger partial charge in [0.15, 0.2) is 11.9 Å². The Balaban J connectivity index is 1.44. The summed E-state index contributed by atoms with van der Waals surface area (Å²) in [6.07, 6.45) is 16.7. The smallest absolute Gasteiger partial charge is 0.206 e. The van der Waals surface area contributed by atoms with Crippen molar-refractivity contribution in [3.63, 3.8) is 0 Å². The first-order chi connectivity index (χ1) is 15.9. The zero-order chi connectivity index (χ0) is 23.1. The van der Waals surface area contributed by atoms with E-state index in [-0.39, 0.29) is 5.78 Å². The molecule has 0 radical (unpaired) electrons. The molecule has 0 amide bonds. The van der Waals surface area contributed by atoms with Crippen LogP contribution in [0.1, 0.15) is 29.2 Å². The van der Waals surface area contributed by atoms with Gasteiger partial charge in [0.25, 0.3) is 0 Å². The standard InChI is InChI=1S/C30H30O3/c1-22-10-14-24(15-11-22)8-6-19-29(20-7-9-25-16-12-23(2)13-17-25)27-26(31)28(3)18-4-5-21-30(28,32-27)33-29/h4-7,10-21,27H,8-9H2,1-3H3/b19-6+,20-7+/t27-,28+,30-/m0/s1. The van der Waals surface area contributed by atoms with Crippen molar-refractivity contribution in [1.82, 2.24) is 0 Å². The lowest BCUT2D eigenvalue weighted by Crippen LogP contribution is -2.56. The summed E-state index contributed by atoms with van der Waals surface area (Å²) in [6, 6.07) is 17.0. The lowest BCUT2D eigenvalue weighted by atomic mass is 9.70. The van der Waals surface area contributed by atoms with E-state index in [0.29, 0.717) is 0 Å². The van der Waals surface area contributed by atoms with E-state index in [0.717, 1.165) is 12.8 Å². The zero-order valence-electron chi connectivity index (χ0n) is 19.5. The van der Waals surface area contributed by atoms with E-state index < -0.39 is 22.9 Å². The minimum atomic E-state index is -1.06. The molecule has 2 aromatic carbocycles. The predicted molar refractivity (Wildman–Crippen MR) is 131 cm³/mol. The van der Waals surface area contributed by atoms with E-state index in [1.807, 2.05) is 43.4 Å². The highest BCUT2D eigenvalue weighted by atomic mass is 16.8. The van der Waals surface area contributed by atoms with Gasteiger partial charge < -0.3 is 9.47 Å². The number of rotatable bonds is 6. The molecule has 2 fully saturated rings. The molecular formula is C30H30O3. The molecule has 5 rings (SSSR count). The Bertz CT molecular complexity index is 1110. The average molecular weight is 439 g/mol. The quantitative estimate of drug-likeness (QED) is 0.538. The van der Waals surface area contributed by atoms with Gasteiger partial charge in [-0.1, -0.05) is 90.0 Å². The first-order valence-electron chi connectivity index (χ1n) is 11.6. The van der Waals surface area contributed by atoms with Crippen molar-refractivity contribution in [2.75, 3.05) is 0 Å². The van der Waals surface area contributed by atoms with Gasteiger partial charge in [0, 0.05) is 0 Å². The third kappa shape index (κ3) is 3.66. The lowest BCUT2D eigenvalue weighted by Gasteiger charge is -2.42. The number of aryl methyl sites for hydroxylation is 2. The van der Waals surface area contributed by atoms with Gasteiger partial charge in [-0.05, 0) is 63.0 Å². The van der Waals surface area contributed by atoms with E-state index in [4.69, 9.17) is 9.47 Å². The summed E-state index contributed by atoms with van der Waals surface area (Å²) in [7, 11) is 0.